The van der Waals surface area contributed by atoms with E-state index in [4.69, 9.17) is 21.1 Å². The maximum atomic E-state index is 12.6. The van der Waals surface area contributed by atoms with Crippen LogP contribution in [0.2, 0.25) is 5.15 Å². The number of hydrogen-bond donors (Lipinski definition) is 1. The van der Waals surface area contributed by atoms with Crippen LogP contribution in [-0.2, 0) is 14.8 Å². The van der Waals surface area contributed by atoms with Crippen molar-refractivity contribution >= 4 is 27.7 Å². The van der Waals surface area contributed by atoms with E-state index in [1.54, 1.807) is 4.90 Å². The summed E-state index contributed by atoms with van der Waals surface area (Å²) >= 11 is 5.91. The molecule has 0 radical (unpaired) electrons. The standard InChI is InChI=1S/C19H28ClN3O5S/c1-19(2,3)28-18(24)23-8-6-13(7-9-23)12-27-15-11-21-17(20)10-16(15)29(25,26)22-14-4-5-14/h10-11,13-14,22H,4-9,12H2,1-3H3. The molecule has 29 heavy (non-hydrogen) atoms. The highest BCUT2D eigenvalue weighted by Crippen LogP contribution is 2.30. The van der Waals surface area contributed by atoms with Gasteiger partial charge in [0.2, 0.25) is 10.0 Å². The molecule has 0 spiro atoms. The molecular formula is C19H28ClN3O5S. The number of carbonyl (C=O) groups is 1. The number of pyridine rings is 1. The third kappa shape index (κ3) is 6.45. The van der Waals surface area contributed by atoms with Crippen LogP contribution in [-0.4, -0.2) is 55.7 Å². The summed E-state index contributed by atoms with van der Waals surface area (Å²) in [4.78, 5) is 17.8. The van der Waals surface area contributed by atoms with Crippen molar-refractivity contribution in [2.45, 2.75) is 63.0 Å². The number of nitrogens with zero attached hydrogens (tertiary/aromatic N) is 2. The Labute approximate surface area is 177 Å². The predicted molar refractivity (Wildman–Crippen MR) is 109 cm³/mol. The Kier molecular flexibility index (Phi) is 6.60. The van der Waals surface area contributed by atoms with Gasteiger partial charge in [0.1, 0.15) is 15.6 Å². The van der Waals surface area contributed by atoms with E-state index >= 15 is 0 Å². The maximum Gasteiger partial charge on any atom is 0.410 e. The fraction of sp³-hybridized carbons (Fsp3) is 0.684. The highest BCUT2D eigenvalue weighted by Gasteiger charge is 2.31. The Bertz CT molecular complexity index is 844. The van der Waals surface area contributed by atoms with Crippen LogP contribution in [0.15, 0.2) is 17.2 Å². The van der Waals surface area contributed by atoms with Crippen LogP contribution >= 0.6 is 11.6 Å². The van der Waals surface area contributed by atoms with Gasteiger partial charge in [-0.05, 0) is 58.4 Å². The minimum absolute atomic E-state index is 0.00981. The van der Waals surface area contributed by atoms with Gasteiger partial charge in [-0.15, -0.1) is 0 Å². The summed E-state index contributed by atoms with van der Waals surface area (Å²) < 4.78 is 39.1. The Hall–Kier alpha value is -1.58. The number of piperidine rings is 1. The van der Waals surface area contributed by atoms with Gasteiger partial charge in [0.15, 0.2) is 5.75 Å². The third-order valence-corrected chi connectivity index (χ3v) is 6.48. The second-order valence-electron chi connectivity index (χ2n) is 8.57. The summed E-state index contributed by atoms with van der Waals surface area (Å²) in [5.41, 5.74) is -0.519. The molecule has 162 valence electrons. The molecule has 0 unspecified atom stereocenters. The van der Waals surface area contributed by atoms with Crippen LogP contribution in [0, 0.1) is 5.92 Å². The Morgan fingerprint density at radius 3 is 2.52 bits per heavy atom. The summed E-state index contributed by atoms with van der Waals surface area (Å²) in [6.45, 7) is 7.03. The first kappa shape index (κ1) is 22.1. The van der Waals surface area contributed by atoms with E-state index in [0.717, 1.165) is 25.7 Å². The molecule has 2 aliphatic rings. The van der Waals surface area contributed by atoms with E-state index in [-0.39, 0.29) is 33.9 Å². The second kappa shape index (κ2) is 8.65. The lowest BCUT2D eigenvalue weighted by Crippen LogP contribution is -2.42. The largest absolute Gasteiger partial charge is 0.490 e. The molecule has 1 aliphatic carbocycles. The fourth-order valence-electron chi connectivity index (χ4n) is 3.02. The van der Waals surface area contributed by atoms with Crippen LogP contribution in [0.25, 0.3) is 0 Å². The van der Waals surface area contributed by atoms with Crippen molar-refractivity contribution in [1.82, 2.24) is 14.6 Å². The van der Waals surface area contributed by atoms with Crippen LogP contribution in [0.3, 0.4) is 0 Å². The zero-order valence-corrected chi connectivity index (χ0v) is 18.6. The van der Waals surface area contributed by atoms with Crippen molar-refractivity contribution in [3.05, 3.63) is 17.4 Å². The van der Waals surface area contributed by atoms with Gasteiger partial charge in [-0.3, -0.25) is 0 Å². The molecule has 3 rings (SSSR count). The van der Waals surface area contributed by atoms with E-state index in [1.165, 1.54) is 12.3 Å². The molecule has 2 fully saturated rings. The zero-order chi connectivity index (χ0) is 21.2. The van der Waals surface area contributed by atoms with Crippen molar-refractivity contribution in [2.24, 2.45) is 5.92 Å². The van der Waals surface area contributed by atoms with Crippen molar-refractivity contribution in [3.63, 3.8) is 0 Å². The zero-order valence-electron chi connectivity index (χ0n) is 17.0. The van der Waals surface area contributed by atoms with Gasteiger partial charge in [0.25, 0.3) is 0 Å². The number of amides is 1. The first-order valence-electron chi connectivity index (χ1n) is 9.82. The first-order valence-corrected chi connectivity index (χ1v) is 11.7. The fourth-order valence-corrected chi connectivity index (χ4v) is 4.69. The number of sulfonamides is 1. The summed E-state index contributed by atoms with van der Waals surface area (Å²) in [6, 6.07) is 1.30. The van der Waals surface area contributed by atoms with Gasteiger partial charge in [0, 0.05) is 19.1 Å². The van der Waals surface area contributed by atoms with Gasteiger partial charge < -0.3 is 14.4 Å². The lowest BCUT2D eigenvalue weighted by molar-refractivity contribution is 0.0164. The van der Waals surface area contributed by atoms with Gasteiger partial charge in [0.05, 0.1) is 12.8 Å². The van der Waals surface area contributed by atoms with Gasteiger partial charge in [-0.25, -0.2) is 22.9 Å². The Morgan fingerprint density at radius 2 is 1.93 bits per heavy atom. The topological polar surface area (TPSA) is 97.8 Å². The Morgan fingerprint density at radius 1 is 1.28 bits per heavy atom. The molecule has 1 saturated heterocycles. The van der Waals surface area contributed by atoms with E-state index < -0.39 is 15.6 Å². The van der Waals surface area contributed by atoms with E-state index in [0.29, 0.717) is 19.7 Å². The lowest BCUT2D eigenvalue weighted by atomic mass is 9.98. The quantitative estimate of drug-likeness (QED) is 0.675. The molecule has 1 amide bonds. The lowest BCUT2D eigenvalue weighted by Gasteiger charge is -2.33. The summed E-state index contributed by atoms with van der Waals surface area (Å²) in [5.74, 6) is 0.397. The first-order chi connectivity index (χ1) is 13.5. The average molecular weight is 446 g/mol. The minimum atomic E-state index is -3.71. The minimum Gasteiger partial charge on any atom is -0.490 e. The van der Waals surface area contributed by atoms with Crippen molar-refractivity contribution < 1.29 is 22.7 Å². The molecule has 0 atom stereocenters. The van der Waals surface area contributed by atoms with Crippen molar-refractivity contribution in [1.29, 1.82) is 0 Å². The number of likely N-dealkylation sites (tertiary alicyclic amines) is 1. The van der Waals surface area contributed by atoms with E-state index in [2.05, 4.69) is 9.71 Å². The van der Waals surface area contributed by atoms with Gasteiger partial charge in [-0.2, -0.15) is 0 Å². The van der Waals surface area contributed by atoms with Crippen LogP contribution in [0.5, 0.6) is 5.75 Å². The average Bonchev–Trinajstić information content (AvgIpc) is 3.43. The second-order valence-corrected chi connectivity index (χ2v) is 10.6. The smallest absolute Gasteiger partial charge is 0.410 e. The molecule has 1 aliphatic heterocycles. The van der Waals surface area contributed by atoms with Crippen LogP contribution < -0.4 is 9.46 Å². The Balaban J connectivity index is 1.57. The molecule has 2 heterocycles. The molecule has 1 N–H and O–H groups in total. The van der Waals surface area contributed by atoms with E-state index in [9.17, 15) is 13.2 Å². The number of carbonyl (C=O) groups excluding carboxylic acids is 1. The molecule has 0 aromatic carbocycles. The highest BCUT2D eigenvalue weighted by molar-refractivity contribution is 7.89. The number of nitrogens with one attached hydrogen (secondary N) is 1. The number of ether oxygens (including phenoxy) is 2. The number of rotatable bonds is 6. The predicted octanol–water partition coefficient (Wildman–Crippen LogP) is 3.20. The number of hydrogen-bond acceptors (Lipinski definition) is 6. The van der Waals surface area contributed by atoms with Gasteiger partial charge >= 0.3 is 6.09 Å². The molecule has 1 saturated carbocycles. The molecule has 10 heteroatoms. The monoisotopic (exact) mass is 445 g/mol. The van der Waals surface area contributed by atoms with Crippen LogP contribution in [0.4, 0.5) is 4.79 Å². The van der Waals surface area contributed by atoms with E-state index in [1.807, 2.05) is 20.8 Å². The molecule has 8 nitrogen and oxygen atoms in total. The number of aromatic nitrogens is 1. The van der Waals surface area contributed by atoms with Crippen molar-refractivity contribution in [3.8, 4) is 5.75 Å². The highest BCUT2D eigenvalue weighted by atomic mass is 35.5. The van der Waals surface area contributed by atoms with Gasteiger partial charge in [-0.1, -0.05) is 11.6 Å². The summed E-state index contributed by atoms with van der Waals surface area (Å²) in [6.07, 6.45) is 4.22. The SMILES string of the molecule is CC(C)(C)OC(=O)N1CCC(COc2cnc(Cl)cc2S(=O)(=O)NC2CC2)CC1. The number of halogens is 1. The maximum absolute atomic E-state index is 12.6. The molecule has 1 aromatic heterocycles. The summed E-state index contributed by atoms with van der Waals surface area (Å²) in [5, 5.41) is 0.0965. The molecule has 0 bridgehead atoms. The summed E-state index contributed by atoms with van der Waals surface area (Å²) in [7, 11) is -3.71. The van der Waals surface area contributed by atoms with Crippen LogP contribution in [0.1, 0.15) is 46.5 Å². The normalized spacial score (nSPS) is 18.6. The molecular weight excluding hydrogens is 418 g/mol. The van der Waals surface area contributed by atoms with Crippen molar-refractivity contribution in [2.75, 3.05) is 19.7 Å². The third-order valence-electron chi connectivity index (χ3n) is 4.73. The molecule has 1 aromatic rings.